The summed E-state index contributed by atoms with van der Waals surface area (Å²) in [5, 5.41) is 3.00. The summed E-state index contributed by atoms with van der Waals surface area (Å²) in [7, 11) is 0. The van der Waals surface area contributed by atoms with Crippen molar-refractivity contribution >= 4 is 5.91 Å². The highest BCUT2D eigenvalue weighted by Crippen LogP contribution is 2.24. The molecule has 2 atom stereocenters. The fourth-order valence-corrected chi connectivity index (χ4v) is 3.09. The molecule has 0 saturated carbocycles. The Balaban J connectivity index is 2.19. The van der Waals surface area contributed by atoms with E-state index >= 15 is 0 Å². The van der Waals surface area contributed by atoms with Gasteiger partial charge in [-0.3, -0.25) is 9.69 Å². The standard InChI is InChI=1S/C21H26F2N2O2/c1-4-25(5-2)19(16-10-7-6-8-11-16)20(26)24-15(3)17-12-9-13-18(14-17)27-21(22)23/h6-15,19,21H,4-5H2,1-3H3,(H,24,26). The van der Waals surface area contributed by atoms with Crippen molar-refractivity contribution in [2.24, 2.45) is 0 Å². The molecule has 2 aromatic rings. The van der Waals surface area contributed by atoms with Crippen LogP contribution >= 0.6 is 0 Å². The molecule has 2 aromatic carbocycles. The number of nitrogens with zero attached hydrogens (tertiary/aromatic N) is 1. The normalized spacial score (nSPS) is 13.4. The SMILES string of the molecule is CCN(CC)C(C(=O)NC(C)c1cccc(OC(F)F)c1)c1ccccc1. The maximum atomic E-state index is 13.0. The quantitative estimate of drug-likeness (QED) is 0.698. The summed E-state index contributed by atoms with van der Waals surface area (Å²) in [5.74, 6) is -0.0514. The van der Waals surface area contributed by atoms with Gasteiger partial charge in [0.1, 0.15) is 11.8 Å². The van der Waals surface area contributed by atoms with Crippen molar-refractivity contribution in [3.8, 4) is 5.75 Å². The first-order valence-corrected chi connectivity index (χ1v) is 9.10. The van der Waals surface area contributed by atoms with Gasteiger partial charge in [-0.05, 0) is 43.3 Å². The molecule has 0 aromatic heterocycles. The largest absolute Gasteiger partial charge is 0.435 e. The van der Waals surface area contributed by atoms with Crippen LogP contribution in [0.3, 0.4) is 0 Å². The first kappa shape index (κ1) is 20.8. The Morgan fingerprint density at radius 3 is 2.26 bits per heavy atom. The molecule has 146 valence electrons. The van der Waals surface area contributed by atoms with Crippen LogP contribution in [0.25, 0.3) is 0 Å². The summed E-state index contributed by atoms with van der Waals surface area (Å²) in [4.78, 5) is 15.1. The lowest BCUT2D eigenvalue weighted by molar-refractivity contribution is -0.127. The fourth-order valence-electron chi connectivity index (χ4n) is 3.09. The van der Waals surface area contributed by atoms with E-state index in [1.165, 1.54) is 12.1 Å². The lowest BCUT2D eigenvalue weighted by Crippen LogP contribution is -2.41. The third-order valence-corrected chi connectivity index (χ3v) is 4.48. The number of ether oxygens (including phenoxy) is 1. The maximum Gasteiger partial charge on any atom is 0.387 e. The van der Waals surface area contributed by atoms with E-state index in [-0.39, 0.29) is 17.7 Å². The second-order valence-corrected chi connectivity index (χ2v) is 6.22. The van der Waals surface area contributed by atoms with E-state index in [2.05, 4.69) is 15.0 Å². The van der Waals surface area contributed by atoms with Crippen LogP contribution in [0.1, 0.15) is 44.0 Å². The van der Waals surface area contributed by atoms with Gasteiger partial charge >= 0.3 is 6.61 Å². The molecule has 1 amide bonds. The number of amides is 1. The number of carbonyl (C=O) groups excluding carboxylic acids is 1. The van der Waals surface area contributed by atoms with Crippen LogP contribution in [0.2, 0.25) is 0 Å². The Morgan fingerprint density at radius 2 is 1.67 bits per heavy atom. The predicted molar refractivity (Wildman–Crippen MR) is 102 cm³/mol. The molecule has 2 rings (SSSR count). The van der Waals surface area contributed by atoms with Crippen molar-refractivity contribution in [3.63, 3.8) is 0 Å². The smallest absolute Gasteiger partial charge is 0.387 e. The zero-order chi connectivity index (χ0) is 19.8. The van der Waals surface area contributed by atoms with Gasteiger partial charge in [-0.1, -0.05) is 56.3 Å². The van der Waals surface area contributed by atoms with Crippen LogP contribution in [0.5, 0.6) is 5.75 Å². The highest BCUT2D eigenvalue weighted by Gasteiger charge is 2.27. The molecule has 2 unspecified atom stereocenters. The van der Waals surface area contributed by atoms with Crippen molar-refractivity contribution in [3.05, 3.63) is 65.7 Å². The van der Waals surface area contributed by atoms with Gasteiger partial charge in [0.25, 0.3) is 0 Å². The summed E-state index contributed by atoms with van der Waals surface area (Å²) in [6, 6.07) is 15.2. The molecule has 0 heterocycles. The number of alkyl halides is 2. The van der Waals surface area contributed by atoms with Gasteiger partial charge in [0.05, 0.1) is 6.04 Å². The van der Waals surface area contributed by atoms with Crippen molar-refractivity contribution in [2.75, 3.05) is 13.1 Å². The van der Waals surface area contributed by atoms with Gasteiger partial charge in [0.2, 0.25) is 5.91 Å². The highest BCUT2D eigenvalue weighted by molar-refractivity contribution is 5.83. The molecule has 0 bridgehead atoms. The van der Waals surface area contributed by atoms with Crippen LogP contribution in [0, 0.1) is 0 Å². The molecule has 6 heteroatoms. The molecule has 0 saturated heterocycles. The Morgan fingerprint density at radius 1 is 1.04 bits per heavy atom. The number of hydrogen-bond donors (Lipinski definition) is 1. The molecule has 0 aliphatic carbocycles. The average molecular weight is 376 g/mol. The van der Waals surface area contributed by atoms with Crippen molar-refractivity contribution in [2.45, 2.75) is 39.5 Å². The minimum absolute atomic E-state index is 0.0759. The van der Waals surface area contributed by atoms with E-state index in [0.717, 1.165) is 18.7 Å². The Kier molecular flexibility index (Phi) is 7.73. The van der Waals surface area contributed by atoms with E-state index in [1.807, 2.05) is 51.1 Å². The lowest BCUT2D eigenvalue weighted by Gasteiger charge is -2.30. The van der Waals surface area contributed by atoms with Crippen LogP contribution in [-0.2, 0) is 4.79 Å². The number of benzene rings is 2. The van der Waals surface area contributed by atoms with Gasteiger partial charge in [-0.2, -0.15) is 8.78 Å². The number of nitrogens with one attached hydrogen (secondary N) is 1. The Labute approximate surface area is 159 Å². The lowest BCUT2D eigenvalue weighted by atomic mass is 10.0. The zero-order valence-corrected chi connectivity index (χ0v) is 15.9. The topological polar surface area (TPSA) is 41.6 Å². The highest BCUT2D eigenvalue weighted by atomic mass is 19.3. The molecule has 0 aliphatic rings. The van der Waals surface area contributed by atoms with Crippen molar-refractivity contribution in [1.29, 1.82) is 0 Å². The van der Waals surface area contributed by atoms with Gasteiger partial charge in [0, 0.05) is 0 Å². The first-order valence-electron chi connectivity index (χ1n) is 9.10. The number of rotatable bonds is 9. The van der Waals surface area contributed by atoms with E-state index in [1.54, 1.807) is 12.1 Å². The molecule has 0 spiro atoms. The second-order valence-electron chi connectivity index (χ2n) is 6.22. The monoisotopic (exact) mass is 376 g/mol. The maximum absolute atomic E-state index is 13.0. The first-order chi connectivity index (χ1) is 13.0. The summed E-state index contributed by atoms with van der Waals surface area (Å²) >= 11 is 0. The van der Waals surface area contributed by atoms with E-state index in [9.17, 15) is 13.6 Å². The molecular formula is C21H26F2N2O2. The van der Waals surface area contributed by atoms with Crippen LogP contribution in [0.15, 0.2) is 54.6 Å². The van der Waals surface area contributed by atoms with Crippen molar-refractivity contribution < 1.29 is 18.3 Å². The summed E-state index contributed by atoms with van der Waals surface area (Å²) in [5.41, 5.74) is 1.62. The summed E-state index contributed by atoms with van der Waals surface area (Å²) in [6.07, 6.45) is 0. The second kappa shape index (κ2) is 10.0. The number of likely N-dealkylation sites (N-methyl/N-ethyl adjacent to an activating group) is 1. The molecule has 0 fully saturated rings. The fraction of sp³-hybridized carbons (Fsp3) is 0.381. The van der Waals surface area contributed by atoms with Gasteiger partial charge < -0.3 is 10.1 Å². The third kappa shape index (κ3) is 5.76. The molecule has 1 N–H and O–H groups in total. The van der Waals surface area contributed by atoms with Crippen LogP contribution in [0.4, 0.5) is 8.78 Å². The third-order valence-electron chi connectivity index (χ3n) is 4.48. The Hall–Kier alpha value is -2.47. The molecule has 0 radical (unpaired) electrons. The molecular weight excluding hydrogens is 350 g/mol. The number of hydrogen-bond acceptors (Lipinski definition) is 3. The van der Waals surface area contributed by atoms with E-state index in [4.69, 9.17) is 0 Å². The predicted octanol–water partition coefficient (Wildman–Crippen LogP) is 4.55. The molecule has 4 nitrogen and oxygen atoms in total. The van der Waals surface area contributed by atoms with Gasteiger partial charge in [-0.25, -0.2) is 0 Å². The average Bonchev–Trinajstić information content (AvgIpc) is 2.66. The van der Waals surface area contributed by atoms with Crippen LogP contribution < -0.4 is 10.1 Å². The van der Waals surface area contributed by atoms with E-state index < -0.39 is 12.7 Å². The number of carbonyl (C=O) groups is 1. The van der Waals surface area contributed by atoms with Gasteiger partial charge in [0.15, 0.2) is 0 Å². The summed E-state index contributed by atoms with van der Waals surface area (Å²) in [6.45, 7) is 4.44. The summed E-state index contributed by atoms with van der Waals surface area (Å²) < 4.78 is 29.3. The van der Waals surface area contributed by atoms with Crippen molar-refractivity contribution in [1.82, 2.24) is 10.2 Å². The minimum atomic E-state index is -2.88. The Bertz CT molecular complexity index is 721. The van der Waals surface area contributed by atoms with Crippen LogP contribution in [-0.4, -0.2) is 30.5 Å². The molecule has 0 aliphatic heterocycles. The number of halogens is 2. The molecule has 27 heavy (non-hydrogen) atoms. The zero-order valence-electron chi connectivity index (χ0n) is 15.9. The van der Waals surface area contributed by atoms with E-state index in [0.29, 0.717) is 5.56 Å². The van der Waals surface area contributed by atoms with Gasteiger partial charge in [-0.15, -0.1) is 0 Å². The minimum Gasteiger partial charge on any atom is -0.435 e.